The molecule has 1 N–H and O–H groups in total. The third-order valence-corrected chi connectivity index (χ3v) is 6.03. The highest BCUT2D eigenvalue weighted by atomic mass is 35.5. The van der Waals surface area contributed by atoms with E-state index in [4.69, 9.17) is 11.6 Å². The molecular formula is C22H25ClN4O2. The van der Waals surface area contributed by atoms with Gasteiger partial charge in [0.05, 0.1) is 5.71 Å². The molecule has 1 aromatic carbocycles. The lowest BCUT2D eigenvalue weighted by Gasteiger charge is -2.28. The lowest BCUT2D eigenvalue weighted by molar-refractivity contribution is -0.128. The van der Waals surface area contributed by atoms with Crippen LogP contribution in [0.15, 0.2) is 46.0 Å². The number of fused-ring (bicyclic) bond motifs is 1. The molecule has 1 fully saturated rings. The summed E-state index contributed by atoms with van der Waals surface area (Å²) in [6.07, 6.45) is 10.3. The van der Waals surface area contributed by atoms with Crippen molar-refractivity contribution in [1.82, 2.24) is 10.2 Å². The normalized spacial score (nSPS) is 21.4. The van der Waals surface area contributed by atoms with E-state index in [0.29, 0.717) is 30.0 Å². The Labute approximate surface area is 175 Å². The molecule has 1 aromatic rings. The van der Waals surface area contributed by atoms with Gasteiger partial charge in [0.15, 0.2) is 0 Å². The molecule has 0 aromatic heterocycles. The summed E-state index contributed by atoms with van der Waals surface area (Å²) >= 11 is 5.86. The first-order valence-electron chi connectivity index (χ1n) is 10.3. The van der Waals surface area contributed by atoms with Crippen LogP contribution in [0, 0.1) is 5.92 Å². The van der Waals surface area contributed by atoms with Crippen molar-refractivity contribution >= 4 is 35.3 Å². The minimum atomic E-state index is -0.644. The van der Waals surface area contributed by atoms with Crippen molar-refractivity contribution in [3.8, 4) is 0 Å². The molecule has 0 bridgehead atoms. The molecule has 2 heterocycles. The predicted molar refractivity (Wildman–Crippen MR) is 114 cm³/mol. The molecule has 0 saturated heterocycles. The molecule has 152 valence electrons. The standard InChI is InChI=1S/C22H25ClN4O2/c23-18-8-6-16(7-9-18)21(29)26-22-24-13-17-14-27(12-11-19(17)25-22)20(28)10-5-15-3-1-2-4-15/h6-9,13-15,22H,1-5,10-12H2,(H,26,29). The Bertz CT molecular complexity index is 869. The number of aliphatic imine (C=N–C) groups is 2. The third kappa shape index (κ3) is 4.93. The number of carbonyl (C=O) groups excluding carboxylic acids is 2. The maximum Gasteiger partial charge on any atom is 0.254 e. The first-order valence-corrected chi connectivity index (χ1v) is 10.6. The average molecular weight is 413 g/mol. The molecule has 2 aliphatic heterocycles. The molecule has 7 heteroatoms. The van der Waals surface area contributed by atoms with E-state index < -0.39 is 6.29 Å². The fourth-order valence-corrected chi connectivity index (χ4v) is 4.22. The summed E-state index contributed by atoms with van der Waals surface area (Å²) in [7, 11) is 0. The number of allylic oxidation sites excluding steroid dienone is 1. The molecule has 1 aliphatic carbocycles. The minimum absolute atomic E-state index is 0.176. The summed E-state index contributed by atoms with van der Waals surface area (Å²) in [5.74, 6) is 0.643. The Morgan fingerprint density at radius 1 is 1.17 bits per heavy atom. The van der Waals surface area contributed by atoms with Crippen molar-refractivity contribution in [3.05, 3.63) is 46.6 Å². The lowest BCUT2D eigenvalue weighted by Crippen LogP contribution is -2.38. The van der Waals surface area contributed by atoms with Crippen LogP contribution in [0.4, 0.5) is 0 Å². The minimum Gasteiger partial charge on any atom is -0.318 e. The smallest absolute Gasteiger partial charge is 0.254 e. The van der Waals surface area contributed by atoms with Gasteiger partial charge in [0.25, 0.3) is 5.91 Å². The van der Waals surface area contributed by atoms with Gasteiger partial charge in [-0.1, -0.05) is 37.3 Å². The van der Waals surface area contributed by atoms with Crippen LogP contribution in [0.25, 0.3) is 0 Å². The van der Waals surface area contributed by atoms with Crippen molar-refractivity contribution < 1.29 is 9.59 Å². The van der Waals surface area contributed by atoms with Gasteiger partial charge in [-0.2, -0.15) is 0 Å². The lowest BCUT2D eigenvalue weighted by atomic mass is 10.0. The van der Waals surface area contributed by atoms with E-state index >= 15 is 0 Å². The van der Waals surface area contributed by atoms with Crippen LogP contribution in [-0.4, -0.2) is 41.5 Å². The molecule has 0 radical (unpaired) electrons. The molecule has 0 spiro atoms. The molecule has 6 nitrogen and oxygen atoms in total. The van der Waals surface area contributed by atoms with E-state index in [1.165, 1.54) is 25.7 Å². The maximum atomic E-state index is 12.6. The van der Waals surface area contributed by atoms with E-state index in [1.54, 1.807) is 35.4 Å². The van der Waals surface area contributed by atoms with E-state index in [9.17, 15) is 9.59 Å². The van der Waals surface area contributed by atoms with Crippen molar-refractivity contribution in [2.45, 2.75) is 51.2 Å². The molecule has 1 saturated carbocycles. The molecule has 29 heavy (non-hydrogen) atoms. The van der Waals surface area contributed by atoms with Gasteiger partial charge in [-0.05, 0) is 36.6 Å². The Balaban J connectivity index is 1.34. The molecule has 3 aliphatic rings. The zero-order valence-corrected chi connectivity index (χ0v) is 17.1. The summed E-state index contributed by atoms with van der Waals surface area (Å²) in [5, 5.41) is 3.38. The van der Waals surface area contributed by atoms with Crippen LogP contribution in [-0.2, 0) is 4.79 Å². The molecule has 4 rings (SSSR count). The van der Waals surface area contributed by atoms with Crippen molar-refractivity contribution in [2.24, 2.45) is 15.9 Å². The molecule has 2 amide bonds. The van der Waals surface area contributed by atoms with Gasteiger partial charge in [0.2, 0.25) is 12.2 Å². The van der Waals surface area contributed by atoms with Gasteiger partial charge >= 0.3 is 0 Å². The van der Waals surface area contributed by atoms with Gasteiger partial charge in [-0.3, -0.25) is 9.59 Å². The number of halogens is 1. The van der Waals surface area contributed by atoms with Crippen LogP contribution in [0.2, 0.25) is 5.02 Å². The van der Waals surface area contributed by atoms with Gasteiger partial charge in [-0.25, -0.2) is 9.98 Å². The number of amides is 2. The van der Waals surface area contributed by atoms with Crippen molar-refractivity contribution in [2.75, 3.05) is 6.54 Å². The quantitative estimate of drug-likeness (QED) is 0.794. The van der Waals surface area contributed by atoms with Gasteiger partial charge < -0.3 is 10.2 Å². The van der Waals surface area contributed by atoms with Crippen LogP contribution in [0.1, 0.15) is 55.3 Å². The van der Waals surface area contributed by atoms with E-state index in [0.717, 1.165) is 23.6 Å². The maximum absolute atomic E-state index is 12.6. The molecular weight excluding hydrogens is 388 g/mol. The fraction of sp³-hybridized carbons (Fsp3) is 0.455. The highest BCUT2D eigenvalue weighted by Gasteiger charge is 2.25. The fourth-order valence-electron chi connectivity index (χ4n) is 4.09. The summed E-state index contributed by atoms with van der Waals surface area (Å²) in [6, 6.07) is 6.68. The summed E-state index contributed by atoms with van der Waals surface area (Å²) in [6.45, 7) is 0.623. The Kier molecular flexibility index (Phi) is 6.09. The number of rotatable bonds is 5. The first kappa shape index (κ1) is 19.8. The number of hydrogen-bond acceptors (Lipinski definition) is 4. The number of benzene rings is 1. The Morgan fingerprint density at radius 3 is 2.69 bits per heavy atom. The SMILES string of the molecule is O=C(NC1N=CC2=CN(C(=O)CCC3CCCC3)CCC2=N1)c1ccc(Cl)cc1. The van der Waals surface area contributed by atoms with Crippen LogP contribution >= 0.6 is 11.6 Å². The van der Waals surface area contributed by atoms with Crippen LogP contribution in [0.5, 0.6) is 0 Å². The molecule has 1 unspecified atom stereocenters. The van der Waals surface area contributed by atoms with E-state index in [-0.39, 0.29) is 11.8 Å². The Morgan fingerprint density at radius 2 is 1.93 bits per heavy atom. The second-order valence-corrected chi connectivity index (χ2v) is 8.26. The monoisotopic (exact) mass is 412 g/mol. The topological polar surface area (TPSA) is 74.1 Å². The second-order valence-electron chi connectivity index (χ2n) is 7.82. The van der Waals surface area contributed by atoms with Crippen LogP contribution < -0.4 is 5.32 Å². The molecule has 1 atom stereocenters. The van der Waals surface area contributed by atoms with Gasteiger partial charge in [0, 0.05) is 48.0 Å². The second kappa shape index (κ2) is 8.91. The van der Waals surface area contributed by atoms with Gasteiger partial charge in [-0.15, -0.1) is 0 Å². The van der Waals surface area contributed by atoms with Crippen LogP contribution in [0.3, 0.4) is 0 Å². The third-order valence-electron chi connectivity index (χ3n) is 5.78. The van der Waals surface area contributed by atoms with E-state index in [2.05, 4.69) is 15.3 Å². The number of hydrogen-bond donors (Lipinski definition) is 1. The Hall–Kier alpha value is -2.47. The highest BCUT2D eigenvalue weighted by Crippen LogP contribution is 2.29. The summed E-state index contributed by atoms with van der Waals surface area (Å²) < 4.78 is 0. The highest BCUT2D eigenvalue weighted by molar-refractivity contribution is 6.30. The number of nitrogens with zero attached hydrogens (tertiary/aromatic N) is 3. The van der Waals surface area contributed by atoms with Crippen molar-refractivity contribution in [3.63, 3.8) is 0 Å². The van der Waals surface area contributed by atoms with E-state index in [1.807, 2.05) is 6.20 Å². The first-order chi connectivity index (χ1) is 14.1. The number of nitrogens with one attached hydrogen (secondary N) is 1. The zero-order valence-electron chi connectivity index (χ0n) is 16.3. The predicted octanol–water partition coefficient (Wildman–Crippen LogP) is 3.97. The number of carbonyl (C=O) groups is 2. The summed E-state index contributed by atoms with van der Waals surface area (Å²) in [5.41, 5.74) is 2.23. The average Bonchev–Trinajstić information content (AvgIpc) is 3.25. The van der Waals surface area contributed by atoms with Gasteiger partial charge in [0.1, 0.15) is 0 Å². The largest absolute Gasteiger partial charge is 0.318 e. The summed E-state index contributed by atoms with van der Waals surface area (Å²) in [4.78, 5) is 35.6. The zero-order chi connectivity index (χ0) is 20.2. The van der Waals surface area contributed by atoms with Crippen molar-refractivity contribution in [1.29, 1.82) is 0 Å².